The molecule has 13 heavy (non-hydrogen) atoms. The van der Waals surface area contributed by atoms with Crippen LogP contribution in [0.15, 0.2) is 18.2 Å². The van der Waals surface area contributed by atoms with Crippen molar-refractivity contribution in [3.63, 3.8) is 0 Å². The average Bonchev–Trinajstić information content (AvgIpc) is 2.92. The predicted molar refractivity (Wildman–Crippen MR) is 53.1 cm³/mol. The van der Waals surface area contributed by atoms with E-state index in [4.69, 9.17) is 16.3 Å². The second kappa shape index (κ2) is 4.01. The van der Waals surface area contributed by atoms with Gasteiger partial charge in [0.2, 0.25) is 0 Å². The molecule has 0 heterocycles. The second-order valence-electron chi connectivity index (χ2n) is 3.44. The molecule has 0 atom stereocenters. The highest BCUT2D eigenvalue weighted by Gasteiger charge is 2.20. The van der Waals surface area contributed by atoms with Crippen molar-refractivity contribution in [2.24, 2.45) is 5.92 Å². The maximum absolute atomic E-state index is 5.91. The molecule has 69 valence electrons. The molecule has 1 aliphatic carbocycles. The van der Waals surface area contributed by atoms with Gasteiger partial charge in [-0.15, -0.1) is 0 Å². The summed E-state index contributed by atoms with van der Waals surface area (Å²) in [5.41, 5.74) is 0. The molecule has 1 radical (unpaired) electrons. The van der Waals surface area contributed by atoms with Gasteiger partial charge in [-0.2, -0.15) is 0 Å². The number of ether oxygens (including phenoxy) is 1. The lowest BCUT2D eigenvalue weighted by Gasteiger charge is -2.06. The summed E-state index contributed by atoms with van der Waals surface area (Å²) >= 11 is 5.91. The van der Waals surface area contributed by atoms with Crippen molar-refractivity contribution in [2.45, 2.75) is 19.3 Å². The monoisotopic (exact) mass is 195 g/mol. The Hall–Kier alpha value is -0.690. The molecule has 0 unspecified atom stereocenters. The Kier molecular flexibility index (Phi) is 2.74. The summed E-state index contributed by atoms with van der Waals surface area (Å²) in [6.07, 6.45) is 3.90. The molecule has 0 saturated heterocycles. The first-order valence-electron chi connectivity index (χ1n) is 4.64. The van der Waals surface area contributed by atoms with Crippen molar-refractivity contribution in [2.75, 3.05) is 6.61 Å². The minimum Gasteiger partial charge on any atom is -0.492 e. The summed E-state index contributed by atoms with van der Waals surface area (Å²) in [6.45, 7) is 0.780. The van der Waals surface area contributed by atoms with E-state index in [-0.39, 0.29) is 0 Å². The third-order valence-electron chi connectivity index (χ3n) is 2.26. The SMILES string of the molecule is Clc1cc[c]cc1OCCC1CC1. The Morgan fingerprint density at radius 1 is 1.54 bits per heavy atom. The van der Waals surface area contributed by atoms with Gasteiger partial charge < -0.3 is 4.74 Å². The van der Waals surface area contributed by atoms with Gasteiger partial charge in [-0.05, 0) is 30.5 Å². The summed E-state index contributed by atoms with van der Waals surface area (Å²) in [4.78, 5) is 0. The van der Waals surface area contributed by atoms with Crippen LogP contribution in [-0.4, -0.2) is 6.61 Å². The van der Waals surface area contributed by atoms with E-state index in [2.05, 4.69) is 6.07 Å². The summed E-state index contributed by atoms with van der Waals surface area (Å²) in [7, 11) is 0. The quantitative estimate of drug-likeness (QED) is 0.716. The topological polar surface area (TPSA) is 9.23 Å². The minimum atomic E-state index is 0.676. The normalized spacial score (nSPS) is 15.8. The summed E-state index contributed by atoms with van der Waals surface area (Å²) in [5, 5.41) is 0.676. The van der Waals surface area contributed by atoms with Crippen LogP contribution in [0.25, 0.3) is 0 Å². The molecule has 1 nitrogen and oxygen atoms in total. The van der Waals surface area contributed by atoms with Gasteiger partial charge in [0.15, 0.2) is 0 Å². The fourth-order valence-corrected chi connectivity index (χ4v) is 1.42. The molecule has 2 heteroatoms. The largest absolute Gasteiger partial charge is 0.492 e. The summed E-state index contributed by atoms with van der Waals surface area (Å²) < 4.78 is 5.52. The molecule has 1 aromatic rings. The first-order valence-corrected chi connectivity index (χ1v) is 5.02. The smallest absolute Gasteiger partial charge is 0.138 e. The van der Waals surface area contributed by atoms with E-state index in [0.717, 1.165) is 24.7 Å². The molecule has 0 aromatic heterocycles. The Morgan fingerprint density at radius 3 is 3.08 bits per heavy atom. The van der Waals surface area contributed by atoms with Crippen LogP contribution in [0.2, 0.25) is 5.02 Å². The van der Waals surface area contributed by atoms with Crippen molar-refractivity contribution in [3.8, 4) is 5.75 Å². The fraction of sp³-hybridized carbons (Fsp3) is 0.455. The van der Waals surface area contributed by atoms with Gasteiger partial charge in [0.25, 0.3) is 0 Å². The molecule has 0 bridgehead atoms. The number of hydrogen-bond donors (Lipinski definition) is 0. The van der Waals surface area contributed by atoms with Gasteiger partial charge in [0.05, 0.1) is 11.6 Å². The van der Waals surface area contributed by atoms with Crippen LogP contribution in [-0.2, 0) is 0 Å². The molecule has 1 aliphatic rings. The van der Waals surface area contributed by atoms with Crippen molar-refractivity contribution in [1.82, 2.24) is 0 Å². The minimum absolute atomic E-state index is 0.676. The van der Waals surface area contributed by atoms with E-state index in [9.17, 15) is 0 Å². The molecule has 0 aliphatic heterocycles. The zero-order valence-corrected chi connectivity index (χ0v) is 8.18. The maximum atomic E-state index is 5.91. The summed E-state index contributed by atoms with van der Waals surface area (Å²) in [5.74, 6) is 1.66. The Balaban J connectivity index is 1.82. The highest BCUT2D eigenvalue weighted by Crippen LogP contribution is 2.32. The van der Waals surface area contributed by atoms with Crippen LogP contribution >= 0.6 is 11.6 Å². The van der Waals surface area contributed by atoms with Gasteiger partial charge >= 0.3 is 0 Å². The molecule has 0 amide bonds. The summed E-state index contributed by atoms with van der Waals surface area (Å²) in [6, 6.07) is 8.32. The van der Waals surface area contributed by atoms with Crippen LogP contribution in [0.3, 0.4) is 0 Å². The van der Waals surface area contributed by atoms with Crippen molar-refractivity contribution in [1.29, 1.82) is 0 Å². The number of halogens is 1. The molecule has 0 N–H and O–H groups in total. The molecule has 1 saturated carbocycles. The van der Waals surface area contributed by atoms with Gasteiger partial charge in [0.1, 0.15) is 5.75 Å². The molecular weight excluding hydrogens is 184 g/mol. The number of benzene rings is 1. The standard InChI is InChI=1S/C11H12ClO/c12-10-3-1-2-4-11(10)13-8-7-9-5-6-9/h1,3-4,9H,5-8H2. The van der Waals surface area contributed by atoms with E-state index < -0.39 is 0 Å². The first-order chi connectivity index (χ1) is 6.36. The Labute approximate surface area is 83.7 Å². The van der Waals surface area contributed by atoms with Crippen LogP contribution in [0.5, 0.6) is 5.75 Å². The maximum Gasteiger partial charge on any atom is 0.138 e. The van der Waals surface area contributed by atoms with E-state index in [1.165, 1.54) is 12.8 Å². The van der Waals surface area contributed by atoms with Crippen LogP contribution < -0.4 is 4.74 Å². The van der Waals surface area contributed by atoms with Crippen LogP contribution in [0.4, 0.5) is 0 Å². The second-order valence-corrected chi connectivity index (χ2v) is 3.84. The first kappa shape index (κ1) is 8.89. The van der Waals surface area contributed by atoms with Gasteiger partial charge in [-0.25, -0.2) is 0 Å². The van der Waals surface area contributed by atoms with E-state index >= 15 is 0 Å². The molecule has 1 aromatic carbocycles. The van der Waals surface area contributed by atoms with E-state index in [0.29, 0.717) is 5.02 Å². The van der Waals surface area contributed by atoms with Crippen molar-refractivity contribution < 1.29 is 4.74 Å². The third-order valence-corrected chi connectivity index (χ3v) is 2.57. The van der Waals surface area contributed by atoms with E-state index in [1.54, 1.807) is 18.2 Å². The van der Waals surface area contributed by atoms with Crippen LogP contribution in [0, 0.1) is 12.0 Å². The fourth-order valence-electron chi connectivity index (χ4n) is 1.25. The lowest BCUT2D eigenvalue weighted by atomic mass is 10.3. The Bertz CT molecular complexity index is 281. The lowest BCUT2D eigenvalue weighted by Crippen LogP contribution is -1.98. The average molecular weight is 196 g/mol. The van der Waals surface area contributed by atoms with Crippen molar-refractivity contribution in [3.05, 3.63) is 29.3 Å². The van der Waals surface area contributed by atoms with Crippen LogP contribution in [0.1, 0.15) is 19.3 Å². The third kappa shape index (κ3) is 2.63. The van der Waals surface area contributed by atoms with Gasteiger partial charge in [-0.3, -0.25) is 0 Å². The molecule has 2 rings (SSSR count). The van der Waals surface area contributed by atoms with Crippen molar-refractivity contribution >= 4 is 11.6 Å². The predicted octanol–water partition coefficient (Wildman–Crippen LogP) is 3.32. The van der Waals surface area contributed by atoms with Gasteiger partial charge in [0, 0.05) is 0 Å². The van der Waals surface area contributed by atoms with E-state index in [1.807, 2.05) is 0 Å². The highest BCUT2D eigenvalue weighted by molar-refractivity contribution is 6.32. The molecular formula is C11H12ClO. The molecule has 0 spiro atoms. The highest BCUT2D eigenvalue weighted by atomic mass is 35.5. The number of rotatable bonds is 4. The lowest BCUT2D eigenvalue weighted by molar-refractivity contribution is 0.302. The van der Waals surface area contributed by atoms with Gasteiger partial charge in [-0.1, -0.05) is 30.5 Å². The zero-order valence-electron chi connectivity index (χ0n) is 7.42. The Morgan fingerprint density at radius 2 is 2.38 bits per heavy atom. The number of hydrogen-bond acceptors (Lipinski definition) is 1. The molecule has 1 fully saturated rings. The zero-order chi connectivity index (χ0) is 9.10.